The molecule has 0 aliphatic rings. The fraction of sp³-hybridized carbons (Fsp3) is 0.211. The van der Waals surface area contributed by atoms with Crippen molar-refractivity contribution in [2.24, 2.45) is 0 Å². The molecule has 0 saturated heterocycles. The minimum absolute atomic E-state index is 0.0549. The van der Waals surface area contributed by atoms with Crippen LogP contribution in [0.4, 0.5) is 18.9 Å². The quantitative estimate of drug-likeness (QED) is 0.636. The molecular weight excluding hydrogens is 365 g/mol. The number of pyridine rings is 1. The van der Waals surface area contributed by atoms with Crippen LogP contribution in [0, 0.1) is 13.8 Å². The first-order valence-corrected chi connectivity index (χ1v) is 8.27. The summed E-state index contributed by atoms with van der Waals surface area (Å²) in [4.78, 5) is 15.1. The average Bonchev–Trinajstić information content (AvgIpc) is 2.54. The van der Waals surface area contributed by atoms with Crippen molar-refractivity contribution in [3.05, 3.63) is 74.0 Å². The highest BCUT2D eigenvalue weighted by molar-refractivity contribution is 6.33. The molecule has 0 unspecified atom stereocenters. The van der Waals surface area contributed by atoms with Crippen molar-refractivity contribution in [2.75, 3.05) is 5.32 Å². The summed E-state index contributed by atoms with van der Waals surface area (Å²) in [6, 6.07) is 8.69. The molecule has 1 aromatic heterocycles. The van der Waals surface area contributed by atoms with Crippen LogP contribution < -0.4 is 10.9 Å². The molecule has 1 heterocycles. The molecule has 0 amide bonds. The third kappa shape index (κ3) is 3.70. The van der Waals surface area contributed by atoms with E-state index in [0.717, 1.165) is 34.2 Å². The lowest BCUT2D eigenvalue weighted by atomic mass is 10.1. The van der Waals surface area contributed by atoms with E-state index in [0.29, 0.717) is 5.56 Å². The summed E-state index contributed by atoms with van der Waals surface area (Å²) < 4.78 is 38.6. The first-order valence-electron chi connectivity index (χ1n) is 7.89. The normalized spacial score (nSPS) is 11.8. The molecule has 3 rings (SSSR count). The molecular formula is C19H16ClF3N2O. The second kappa shape index (κ2) is 6.68. The van der Waals surface area contributed by atoms with Crippen LogP contribution in [-0.4, -0.2) is 4.98 Å². The number of hydrogen-bond acceptors (Lipinski definition) is 2. The molecule has 2 aromatic carbocycles. The number of benzene rings is 2. The molecule has 2 N–H and O–H groups in total. The second-order valence-corrected chi connectivity index (χ2v) is 6.62. The van der Waals surface area contributed by atoms with E-state index in [-0.39, 0.29) is 22.8 Å². The van der Waals surface area contributed by atoms with E-state index in [4.69, 9.17) is 11.6 Å². The minimum atomic E-state index is -4.46. The predicted octanol–water partition coefficient (Wildman–Crippen LogP) is 5.43. The van der Waals surface area contributed by atoms with Crippen molar-refractivity contribution in [1.82, 2.24) is 4.98 Å². The third-order valence-electron chi connectivity index (χ3n) is 4.13. The zero-order valence-corrected chi connectivity index (χ0v) is 14.8. The number of anilines is 1. The molecule has 26 heavy (non-hydrogen) atoms. The maximum atomic E-state index is 12.9. The van der Waals surface area contributed by atoms with Gasteiger partial charge in [-0.25, -0.2) is 0 Å². The standard InChI is InChI=1S/C19H16ClF3N2O/c1-10-5-11(2)17-12(6-10)7-13(18(26)25-17)9-24-16-8-14(19(21,22)23)3-4-15(16)20/h3-8,24H,9H2,1-2H3,(H,25,26). The Kier molecular flexibility index (Phi) is 4.71. The zero-order chi connectivity index (χ0) is 19.1. The van der Waals surface area contributed by atoms with Crippen LogP contribution in [0.25, 0.3) is 10.9 Å². The molecule has 0 fully saturated rings. The van der Waals surface area contributed by atoms with Crippen LogP contribution in [0.5, 0.6) is 0 Å². The highest BCUT2D eigenvalue weighted by Gasteiger charge is 2.30. The van der Waals surface area contributed by atoms with Crippen molar-refractivity contribution >= 4 is 28.2 Å². The minimum Gasteiger partial charge on any atom is -0.380 e. The van der Waals surface area contributed by atoms with E-state index in [1.54, 1.807) is 6.07 Å². The van der Waals surface area contributed by atoms with Crippen LogP contribution in [-0.2, 0) is 12.7 Å². The summed E-state index contributed by atoms with van der Waals surface area (Å²) in [5, 5.41) is 3.85. The Labute approximate surface area is 152 Å². The maximum absolute atomic E-state index is 12.9. The van der Waals surface area contributed by atoms with Gasteiger partial charge in [0.2, 0.25) is 0 Å². The number of halogens is 4. The summed E-state index contributed by atoms with van der Waals surface area (Å²) in [6.07, 6.45) is -4.46. The highest BCUT2D eigenvalue weighted by atomic mass is 35.5. The fourth-order valence-corrected chi connectivity index (χ4v) is 3.08. The Bertz CT molecular complexity index is 1040. The number of rotatable bonds is 3. The van der Waals surface area contributed by atoms with Gasteiger partial charge in [-0.05, 0) is 55.1 Å². The summed E-state index contributed by atoms with van der Waals surface area (Å²) in [5.74, 6) is 0. The molecule has 136 valence electrons. The largest absolute Gasteiger partial charge is 0.416 e. The van der Waals surface area contributed by atoms with Gasteiger partial charge in [0, 0.05) is 12.1 Å². The van der Waals surface area contributed by atoms with Crippen LogP contribution >= 0.6 is 11.6 Å². The molecule has 0 bridgehead atoms. The van der Waals surface area contributed by atoms with Crippen molar-refractivity contribution in [1.29, 1.82) is 0 Å². The molecule has 0 radical (unpaired) electrons. The number of H-pyrrole nitrogens is 1. The van der Waals surface area contributed by atoms with E-state index in [2.05, 4.69) is 10.3 Å². The Morgan fingerprint density at radius 2 is 1.85 bits per heavy atom. The van der Waals surface area contributed by atoms with Gasteiger partial charge in [-0.2, -0.15) is 13.2 Å². The SMILES string of the molecule is Cc1cc(C)c2[nH]c(=O)c(CNc3cc(C(F)(F)F)ccc3Cl)cc2c1. The van der Waals surface area contributed by atoms with E-state index in [9.17, 15) is 18.0 Å². The lowest BCUT2D eigenvalue weighted by Gasteiger charge is -2.13. The van der Waals surface area contributed by atoms with Crippen LogP contribution in [0.2, 0.25) is 5.02 Å². The summed E-state index contributed by atoms with van der Waals surface area (Å²) in [7, 11) is 0. The van der Waals surface area contributed by atoms with Crippen molar-refractivity contribution in [2.45, 2.75) is 26.6 Å². The predicted molar refractivity (Wildman–Crippen MR) is 97.8 cm³/mol. The van der Waals surface area contributed by atoms with Gasteiger partial charge in [0.15, 0.2) is 0 Å². The van der Waals surface area contributed by atoms with Gasteiger partial charge in [-0.1, -0.05) is 23.2 Å². The summed E-state index contributed by atoms with van der Waals surface area (Å²) in [5.41, 5.74) is 2.21. The molecule has 0 saturated carbocycles. The lowest BCUT2D eigenvalue weighted by molar-refractivity contribution is -0.137. The Morgan fingerprint density at radius 3 is 2.54 bits per heavy atom. The van der Waals surface area contributed by atoms with Gasteiger partial charge in [0.05, 0.1) is 21.8 Å². The van der Waals surface area contributed by atoms with Gasteiger partial charge in [-0.15, -0.1) is 0 Å². The van der Waals surface area contributed by atoms with Gasteiger partial charge in [0.25, 0.3) is 5.56 Å². The Balaban J connectivity index is 1.93. The average molecular weight is 381 g/mol. The Morgan fingerprint density at radius 1 is 1.12 bits per heavy atom. The summed E-state index contributed by atoms with van der Waals surface area (Å²) in [6.45, 7) is 3.92. The third-order valence-corrected chi connectivity index (χ3v) is 4.46. The zero-order valence-electron chi connectivity index (χ0n) is 14.1. The topological polar surface area (TPSA) is 44.9 Å². The van der Waals surface area contributed by atoms with Crippen LogP contribution in [0.15, 0.2) is 41.2 Å². The van der Waals surface area contributed by atoms with Crippen LogP contribution in [0.3, 0.4) is 0 Å². The van der Waals surface area contributed by atoms with E-state index < -0.39 is 11.7 Å². The summed E-state index contributed by atoms with van der Waals surface area (Å²) >= 11 is 5.97. The molecule has 3 nitrogen and oxygen atoms in total. The monoisotopic (exact) mass is 380 g/mol. The number of fused-ring (bicyclic) bond motifs is 1. The van der Waals surface area contributed by atoms with Gasteiger partial charge in [-0.3, -0.25) is 4.79 Å². The van der Waals surface area contributed by atoms with E-state index in [1.165, 1.54) is 6.07 Å². The molecule has 7 heteroatoms. The van der Waals surface area contributed by atoms with Crippen molar-refractivity contribution in [3.63, 3.8) is 0 Å². The molecule has 0 atom stereocenters. The second-order valence-electron chi connectivity index (χ2n) is 6.22. The molecule has 3 aromatic rings. The first-order chi connectivity index (χ1) is 12.1. The smallest absolute Gasteiger partial charge is 0.380 e. The highest BCUT2D eigenvalue weighted by Crippen LogP contribution is 2.34. The number of aryl methyl sites for hydroxylation is 2. The van der Waals surface area contributed by atoms with Gasteiger partial charge in [0.1, 0.15) is 0 Å². The molecule has 0 aliphatic heterocycles. The number of aromatic amines is 1. The molecule has 0 spiro atoms. The van der Waals surface area contributed by atoms with Gasteiger partial charge >= 0.3 is 6.18 Å². The number of aromatic nitrogens is 1. The first kappa shape index (κ1) is 18.3. The number of alkyl halides is 3. The lowest BCUT2D eigenvalue weighted by Crippen LogP contribution is -2.16. The maximum Gasteiger partial charge on any atom is 0.416 e. The van der Waals surface area contributed by atoms with Gasteiger partial charge < -0.3 is 10.3 Å². The number of nitrogens with one attached hydrogen (secondary N) is 2. The van der Waals surface area contributed by atoms with Crippen molar-refractivity contribution < 1.29 is 13.2 Å². The van der Waals surface area contributed by atoms with Crippen LogP contribution in [0.1, 0.15) is 22.3 Å². The van der Waals surface area contributed by atoms with E-state index in [1.807, 2.05) is 26.0 Å². The fourth-order valence-electron chi connectivity index (χ4n) is 2.89. The molecule has 0 aliphatic carbocycles. The number of hydrogen-bond donors (Lipinski definition) is 2. The van der Waals surface area contributed by atoms with E-state index >= 15 is 0 Å². The van der Waals surface area contributed by atoms with Crippen molar-refractivity contribution in [3.8, 4) is 0 Å². The Hall–Kier alpha value is -2.47.